The maximum atomic E-state index is 12.1. The molecule has 1 fully saturated rings. The Balaban J connectivity index is 0.00000361. The Labute approximate surface area is 140 Å². The van der Waals surface area contributed by atoms with Crippen molar-refractivity contribution in [2.24, 2.45) is 16.3 Å². The summed E-state index contributed by atoms with van der Waals surface area (Å²) in [6.07, 6.45) is 7.16. The SMILES string of the molecule is CN=C(NCCCF)NCC1(CC(C)C)CCCC1.I. The molecule has 1 rings (SSSR count). The molecule has 0 bridgehead atoms. The molecule has 120 valence electrons. The van der Waals surface area contributed by atoms with Crippen LogP contribution in [-0.4, -0.2) is 32.8 Å². The van der Waals surface area contributed by atoms with Crippen molar-refractivity contribution in [1.29, 1.82) is 0 Å². The van der Waals surface area contributed by atoms with Crippen molar-refractivity contribution in [2.45, 2.75) is 52.4 Å². The Morgan fingerprint density at radius 1 is 1.25 bits per heavy atom. The average Bonchev–Trinajstić information content (AvgIpc) is 2.81. The monoisotopic (exact) mass is 399 g/mol. The topological polar surface area (TPSA) is 36.4 Å². The number of alkyl halides is 1. The molecule has 3 nitrogen and oxygen atoms in total. The smallest absolute Gasteiger partial charge is 0.190 e. The van der Waals surface area contributed by atoms with Crippen LogP contribution in [0.2, 0.25) is 0 Å². The summed E-state index contributed by atoms with van der Waals surface area (Å²) in [5.41, 5.74) is 0.436. The number of nitrogens with zero attached hydrogens (tertiary/aromatic N) is 1. The summed E-state index contributed by atoms with van der Waals surface area (Å²) >= 11 is 0. The lowest BCUT2D eigenvalue weighted by Crippen LogP contribution is -2.43. The van der Waals surface area contributed by atoms with Crippen LogP contribution in [0.25, 0.3) is 0 Å². The van der Waals surface area contributed by atoms with Crippen molar-refractivity contribution in [1.82, 2.24) is 10.6 Å². The number of hydrogen-bond acceptors (Lipinski definition) is 1. The Hall–Kier alpha value is -0.0700. The van der Waals surface area contributed by atoms with Crippen molar-refractivity contribution < 1.29 is 4.39 Å². The first-order valence-electron chi connectivity index (χ1n) is 7.62. The van der Waals surface area contributed by atoms with E-state index in [2.05, 4.69) is 29.5 Å². The van der Waals surface area contributed by atoms with E-state index < -0.39 is 0 Å². The quantitative estimate of drug-likeness (QED) is 0.296. The van der Waals surface area contributed by atoms with Gasteiger partial charge in [-0.1, -0.05) is 26.7 Å². The lowest BCUT2D eigenvalue weighted by molar-refractivity contribution is 0.234. The third-order valence-corrected chi connectivity index (χ3v) is 3.96. The number of hydrogen-bond donors (Lipinski definition) is 2. The van der Waals surface area contributed by atoms with E-state index in [1.807, 2.05) is 0 Å². The fourth-order valence-electron chi connectivity index (χ4n) is 3.21. The standard InChI is InChI=1S/C15H30FN3.HI/c1-13(2)11-15(7-4-5-8-15)12-19-14(17-3)18-10-6-9-16;/h13H,4-12H2,1-3H3,(H2,17,18,19);1H. The molecule has 0 aromatic heterocycles. The fraction of sp³-hybridized carbons (Fsp3) is 0.933. The van der Waals surface area contributed by atoms with Crippen LogP contribution in [0.4, 0.5) is 4.39 Å². The minimum absolute atomic E-state index is 0. The molecule has 20 heavy (non-hydrogen) atoms. The van der Waals surface area contributed by atoms with Gasteiger partial charge in [-0.15, -0.1) is 24.0 Å². The van der Waals surface area contributed by atoms with Gasteiger partial charge in [0.2, 0.25) is 0 Å². The van der Waals surface area contributed by atoms with Crippen molar-refractivity contribution in [3.63, 3.8) is 0 Å². The Kier molecular flexibility index (Phi) is 10.6. The summed E-state index contributed by atoms with van der Waals surface area (Å²) in [6, 6.07) is 0. The Morgan fingerprint density at radius 3 is 2.40 bits per heavy atom. The number of aliphatic imine (C=N–C) groups is 1. The zero-order chi connectivity index (χ0) is 14.1. The summed E-state index contributed by atoms with van der Waals surface area (Å²) in [6.45, 7) is 5.96. The third-order valence-electron chi connectivity index (χ3n) is 3.96. The van der Waals surface area contributed by atoms with Gasteiger partial charge < -0.3 is 10.6 Å². The number of nitrogens with one attached hydrogen (secondary N) is 2. The van der Waals surface area contributed by atoms with E-state index >= 15 is 0 Å². The first-order valence-corrected chi connectivity index (χ1v) is 7.62. The normalized spacial score (nSPS) is 17.9. The predicted octanol–water partition coefficient (Wildman–Crippen LogP) is 3.74. The van der Waals surface area contributed by atoms with Crippen molar-refractivity contribution in [2.75, 3.05) is 26.8 Å². The summed E-state index contributed by atoms with van der Waals surface area (Å²) in [5, 5.41) is 6.60. The van der Waals surface area contributed by atoms with Crippen molar-refractivity contribution in [3.8, 4) is 0 Å². The van der Waals surface area contributed by atoms with Crippen LogP contribution < -0.4 is 10.6 Å². The molecule has 2 N–H and O–H groups in total. The maximum absolute atomic E-state index is 12.1. The second-order valence-electron chi connectivity index (χ2n) is 6.20. The highest BCUT2D eigenvalue weighted by Gasteiger charge is 2.34. The molecular weight excluding hydrogens is 368 g/mol. The maximum Gasteiger partial charge on any atom is 0.190 e. The molecule has 0 unspecified atom stereocenters. The van der Waals surface area contributed by atoms with Gasteiger partial charge in [-0.3, -0.25) is 9.38 Å². The van der Waals surface area contributed by atoms with Crippen LogP contribution in [0.5, 0.6) is 0 Å². The van der Waals surface area contributed by atoms with Gasteiger partial charge in [0.15, 0.2) is 5.96 Å². The molecule has 5 heteroatoms. The van der Waals surface area contributed by atoms with Gasteiger partial charge in [0.1, 0.15) is 0 Å². The van der Waals surface area contributed by atoms with E-state index in [1.54, 1.807) is 7.05 Å². The van der Waals surface area contributed by atoms with Crippen molar-refractivity contribution in [3.05, 3.63) is 0 Å². The van der Waals surface area contributed by atoms with Crippen LogP contribution in [0.1, 0.15) is 52.4 Å². The van der Waals surface area contributed by atoms with Crippen LogP contribution in [0, 0.1) is 11.3 Å². The largest absolute Gasteiger partial charge is 0.356 e. The van der Waals surface area contributed by atoms with Crippen LogP contribution in [0.3, 0.4) is 0 Å². The van der Waals surface area contributed by atoms with Crippen LogP contribution in [-0.2, 0) is 0 Å². The Morgan fingerprint density at radius 2 is 1.90 bits per heavy atom. The van der Waals surface area contributed by atoms with E-state index in [-0.39, 0.29) is 30.7 Å². The van der Waals surface area contributed by atoms with E-state index in [4.69, 9.17) is 0 Å². The van der Waals surface area contributed by atoms with Gasteiger partial charge in [0, 0.05) is 20.1 Å². The minimum Gasteiger partial charge on any atom is -0.356 e. The van der Waals surface area contributed by atoms with Crippen LogP contribution in [0.15, 0.2) is 4.99 Å². The highest BCUT2D eigenvalue weighted by Crippen LogP contribution is 2.42. The predicted molar refractivity (Wildman–Crippen MR) is 95.7 cm³/mol. The average molecular weight is 399 g/mol. The first kappa shape index (κ1) is 19.9. The van der Waals surface area contributed by atoms with Gasteiger partial charge in [-0.25, -0.2) is 0 Å². The highest BCUT2D eigenvalue weighted by molar-refractivity contribution is 14.0. The lowest BCUT2D eigenvalue weighted by atomic mass is 9.78. The van der Waals surface area contributed by atoms with E-state index in [0.717, 1.165) is 18.4 Å². The molecule has 0 aliphatic heterocycles. The highest BCUT2D eigenvalue weighted by atomic mass is 127. The van der Waals surface area contributed by atoms with Gasteiger partial charge in [0.05, 0.1) is 6.67 Å². The third kappa shape index (κ3) is 7.09. The summed E-state index contributed by atoms with van der Waals surface area (Å²) < 4.78 is 12.1. The number of rotatable bonds is 7. The molecule has 0 atom stereocenters. The van der Waals surface area contributed by atoms with Gasteiger partial charge in [0.25, 0.3) is 0 Å². The molecule has 0 radical (unpaired) electrons. The summed E-state index contributed by atoms with van der Waals surface area (Å²) in [4.78, 5) is 4.20. The molecule has 0 heterocycles. The number of halogens is 2. The van der Waals surface area contributed by atoms with Gasteiger partial charge in [-0.2, -0.15) is 0 Å². The second kappa shape index (κ2) is 10.6. The first-order chi connectivity index (χ1) is 9.12. The van der Waals surface area contributed by atoms with E-state index in [0.29, 0.717) is 18.4 Å². The van der Waals surface area contributed by atoms with Gasteiger partial charge >= 0.3 is 0 Å². The molecular formula is C15H31FIN3. The minimum atomic E-state index is -0.277. The van der Waals surface area contributed by atoms with E-state index in [1.165, 1.54) is 32.1 Å². The molecule has 0 saturated heterocycles. The number of guanidine groups is 1. The zero-order valence-electron chi connectivity index (χ0n) is 13.2. The van der Waals surface area contributed by atoms with Gasteiger partial charge in [-0.05, 0) is 37.0 Å². The zero-order valence-corrected chi connectivity index (χ0v) is 15.5. The van der Waals surface area contributed by atoms with Crippen molar-refractivity contribution >= 4 is 29.9 Å². The summed E-state index contributed by atoms with van der Waals surface area (Å²) in [7, 11) is 1.77. The molecule has 0 aromatic rings. The van der Waals surface area contributed by atoms with Crippen LogP contribution >= 0.6 is 24.0 Å². The molecule has 0 spiro atoms. The molecule has 0 amide bonds. The Bertz CT molecular complexity index is 276. The fourth-order valence-corrected chi connectivity index (χ4v) is 3.21. The molecule has 1 aliphatic carbocycles. The second-order valence-corrected chi connectivity index (χ2v) is 6.20. The summed E-state index contributed by atoms with van der Waals surface area (Å²) in [5.74, 6) is 1.55. The lowest BCUT2D eigenvalue weighted by Gasteiger charge is -2.31. The van der Waals surface area contributed by atoms with E-state index in [9.17, 15) is 4.39 Å². The molecule has 0 aromatic carbocycles. The molecule has 1 aliphatic rings. The molecule has 1 saturated carbocycles.